The van der Waals surface area contributed by atoms with Gasteiger partial charge < -0.3 is 5.84 Å². The molecule has 0 aromatic carbocycles. The number of pyridine rings is 1. The van der Waals surface area contributed by atoms with Gasteiger partial charge in [-0.3, -0.25) is 9.99 Å². The highest BCUT2D eigenvalue weighted by molar-refractivity contribution is 5.76. The molecule has 13 heavy (non-hydrogen) atoms. The highest BCUT2D eigenvalue weighted by atomic mass is 15.4. The van der Waals surface area contributed by atoms with Crippen LogP contribution in [0.15, 0.2) is 23.4 Å². The lowest BCUT2D eigenvalue weighted by Crippen LogP contribution is -2.29. The Morgan fingerprint density at radius 2 is 2.38 bits per heavy atom. The lowest BCUT2D eigenvalue weighted by atomic mass is 10.3. The molecule has 1 aromatic heterocycles. The van der Waals surface area contributed by atoms with E-state index in [1.165, 1.54) is 11.3 Å². The van der Waals surface area contributed by atoms with Crippen molar-refractivity contribution in [3.8, 4) is 0 Å². The van der Waals surface area contributed by atoms with Crippen molar-refractivity contribution in [1.29, 1.82) is 0 Å². The summed E-state index contributed by atoms with van der Waals surface area (Å²) in [5.74, 6) is 10.5. The minimum Gasteiger partial charge on any atom is -0.322 e. The Labute approximate surface area is 77.0 Å². The van der Waals surface area contributed by atoms with Crippen LogP contribution in [0.4, 0.5) is 5.69 Å². The van der Waals surface area contributed by atoms with E-state index in [1.54, 1.807) is 6.20 Å². The lowest BCUT2D eigenvalue weighted by Gasteiger charge is -2.11. The van der Waals surface area contributed by atoms with E-state index in [0.29, 0.717) is 0 Å². The van der Waals surface area contributed by atoms with Gasteiger partial charge in [0.15, 0.2) is 0 Å². The van der Waals surface area contributed by atoms with Crippen molar-refractivity contribution < 1.29 is 0 Å². The van der Waals surface area contributed by atoms with Crippen LogP contribution in [-0.2, 0) is 6.42 Å². The van der Waals surface area contributed by atoms with Gasteiger partial charge in [0.1, 0.15) is 6.34 Å². The predicted molar refractivity (Wildman–Crippen MR) is 53.0 cm³/mol. The van der Waals surface area contributed by atoms with Crippen molar-refractivity contribution in [2.75, 3.05) is 5.01 Å². The minimum atomic E-state index is 0.756. The number of aromatic nitrogens is 1. The van der Waals surface area contributed by atoms with E-state index in [4.69, 9.17) is 11.7 Å². The zero-order valence-electron chi connectivity index (χ0n) is 7.51. The van der Waals surface area contributed by atoms with Crippen molar-refractivity contribution in [2.24, 2.45) is 16.8 Å². The number of nitrogens with two attached hydrogens (primary N) is 2. The Hall–Kier alpha value is -1.62. The fraction of sp³-hybridized carbons (Fsp3) is 0.250. The van der Waals surface area contributed by atoms with Crippen molar-refractivity contribution in [3.05, 3.63) is 24.0 Å². The molecule has 0 radical (unpaired) electrons. The molecule has 0 unspecified atom stereocenters. The molecular weight excluding hydrogens is 166 g/mol. The zero-order valence-corrected chi connectivity index (χ0v) is 7.51. The maximum atomic E-state index is 5.56. The topological polar surface area (TPSA) is 80.5 Å². The lowest BCUT2D eigenvalue weighted by molar-refractivity contribution is 1.02. The molecule has 0 fully saturated rings. The molecule has 0 saturated heterocycles. The average Bonchev–Trinajstić information content (AvgIpc) is 2.18. The number of anilines is 1. The third kappa shape index (κ3) is 2.41. The van der Waals surface area contributed by atoms with Crippen molar-refractivity contribution in [1.82, 2.24) is 4.98 Å². The summed E-state index contributed by atoms with van der Waals surface area (Å²) in [6, 6.07) is 3.78. The number of aryl methyl sites for hydroxylation is 1. The SMILES string of the molecule is CCc1ccc(N(N)/C=N\N)cn1. The largest absolute Gasteiger partial charge is 0.322 e. The number of rotatable bonds is 3. The Balaban J connectivity index is 2.79. The van der Waals surface area contributed by atoms with Crippen LogP contribution in [0.1, 0.15) is 12.6 Å². The van der Waals surface area contributed by atoms with E-state index in [-0.39, 0.29) is 0 Å². The number of hydrazine groups is 1. The summed E-state index contributed by atoms with van der Waals surface area (Å²) in [4.78, 5) is 4.18. The normalized spacial score (nSPS) is 10.6. The second-order valence-corrected chi connectivity index (χ2v) is 2.53. The molecule has 1 aromatic rings. The summed E-state index contributed by atoms with van der Waals surface area (Å²) in [7, 11) is 0. The van der Waals surface area contributed by atoms with Crippen molar-refractivity contribution >= 4 is 12.0 Å². The number of nitrogens with zero attached hydrogens (tertiary/aromatic N) is 3. The average molecular weight is 179 g/mol. The maximum absolute atomic E-state index is 5.56. The molecule has 4 N–H and O–H groups in total. The zero-order chi connectivity index (χ0) is 9.68. The summed E-state index contributed by atoms with van der Waals surface area (Å²) in [6.07, 6.45) is 3.92. The summed E-state index contributed by atoms with van der Waals surface area (Å²) in [5, 5.41) is 4.61. The molecule has 5 heteroatoms. The summed E-state index contributed by atoms with van der Waals surface area (Å²) >= 11 is 0. The summed E-state index contributed by atoms with van der Waals surface area (Å²) in [5.41, 5.74) is 1.79. The monoisotopic (exact) mass is 179 g/mol. The molecule has 0 atom stereocenters. The van der Waals surface area contributed by atoms with Gasteiger partial charge in [-0.2, -0.15) is 5.10 Å². The van der Waals surface area contributed by atoms with Gasteiger partial charge in [0.25, 0.3) is 0 Å². The van der Waals surface area contributed by atoms with Crippen LogP contribution in [0.5, 0.6) is 0 Å². The van der Waals surface area contributed by atoms with Crippen LogP contribution in [-0.4, -0.2) is 11.3 Å². The van der Waals surface area contributed by atoms with E-state index in [9.17, 15) is 0 Å². The second-order valence-electron chi connectivity index (χ2n) is 2.53. The smallest absolute Gasteiger partial charge is 0.129 e. The van der Waals surface area contributed by atoms with E-state index in [2.05, 4.69) is 10.1 Å². The first-order valence-electron chi connectivity index (χ1n) is 4.00. The third-order valence-corrected chi connectivity index (χ3v) is 1.66. The number of hydrogen-bond acceptors (Lipinski definition) is 4. The summed E-state index contributed by atoms with van der Waals surface area (Å²) < 4.78 is 0. The standard InChI is InChI=1S/C8H13N5/c1-2-7-3-4-8(5-11-7)13(10)6-12-9/h3-6H,2,9-10H2,1H3/b12-6-. The van der Waals surface area contributed by atoms with E-state index < -0.39 is 0 Å². The fourth-order valence-electron chi connectivity index (χ4n) is 0.917. The maximum Gasteiger partial charge on any atom is 0.129 e. The van der Waals surface area contributed by atoms with Crippen LogP contribution in [0, 0.1) is 0 Å². The van der Waals surface area contributed by atoms with Crippen LogP contribution >= 0.6 is 0 Å². The molecule has 0 bridgehead atoms. The Morgan fingerprint density at radius 1 is 1.62 bits per heavy atom. The van der Waals surface area contributed by atoms with Gasteiger partial charge in [0.2, 0.25) is 0 Å². The van der Waals surface area contributed by atoms with Crippen LogP contribution in [0.25, 0.3) is 0 Å². The van der Waals surface area contributed by atoms with Gasteiger partial charge in [-0.05, 0) is 18.6 Å². The minimum absolute atomic E-state index is 0.756. The first kappa shape index (κ1) is 9.47. The third-order valence-electron chi connectivity index (χ3n) is 1.66. The fourth-order valence-corrected chi connectivity index (χ4v) is 0.917. The first-order valence-corrected chi connectivity index (χ1v) is 4.00. The second kappa shape index (κ2) is 4.42. The molecule has 0 saturated carbocycles. The van der Waals surface area contributed by atoms with Gasteiger partial charge in [0.05, 0.1) is 11.9 Å². The van der Waals surface area contributed by atoms with Gasteiger partial charge in [0, 0.05) is 5.69 Å². The van der Waals surface area contributed by atoms with Crippen molar-refractivity contribution in [2.45, 2.75) is 13.3 Å². The van der Waals surface area contributed by atoms with Crippen LogP contribution in [0.2, 0.25) is 0 Å². The number of hydrogen-bond donors (Lipinski definition) is 2. The van der Waals surface area contributed by atoms with Gasteiger partial charge in [-0.15, -0.1) is 0 Å². The van der Waals surface area contributed by atoms with Gasteiger partial charge >= 0.3 is 0 Å². The van der Waals surface area contributed by atoms with Crippen LogP contribution < -0.4 is 16.7 Å². The highest BCUT2D eigenvalue weighted by Crippen LogP contribution is 2.08. The quantitative estimate of drug-likeness (QED) is 0.301. The highest BCUT2D eigenvalue weighted by Gasteiger charge is 1.98. The van der Waals surface area contributed by atoms with Crippen LogP contribution in [0.3, 0.4) is 0 Å². The molecule has 0 aliphatic heterocycles. The molecular formula is C8H13N5. The summed E-state index contributed by atoms with van der Waals surface area (Å²) in [6.45, 7) is 2.05. The first-order chi connectivity index (χ1) is 6.27. The Bertz CT molecular complexity index is 279. The molecule has 0 amide bonds. The molecule has 0 spiro atoms. The van der Waals surface area contributed by atoms with E-state index in [1.807, 2.05) is 19.1 Å². The van der Waals surface area contributed by atoms with E-state index in [0.717, 1.165) is 17.8 Å². The Kier molecular flexibility index (Phi) is 3.22. The Morgan fingerprint density at radius 3 is 2.85 bits per heavy atom. The van der Waals surface area contributed by atoms with Gasteiger partial charge in [-0.1, -0.05) is 6.92 Å². The molecule has 0 aliphatic carbocycles. The van der Waals surface area contributed by atoms with Gasteiger partial charge in [-0.25, -0.2) is 5.84 Å². The number of hydrazone groups is 1. The van der Waals surface area contributed by atoms with E-state index >= 15 is 0 Å². The van der Waals surface area contributed by atoms with Crippen molar-refractivity contribution in [3.63, 3.8) is 0 Å². The molecule has 5 nitrogen and oxygen atoms in total. The predicted octanol–water partition coefficient (Wildman–Crippen LogP) is 0.226. The molecule has 0 aliphatic rings. The molecule has 1 rings (SSSR count). The molecule has 1 heterocycles. The molecule has 70 valence electrons.